The summed E-state index contributed by atoms with van der Waals surface area (Å²) in [4.78, 5) is 26.4. The van der Waals surface area contributed by atoms with Crippen molar-refractivity contribution in [3.05, 3.63) is 71.3 Å². The third-order valence-corrected chi connectivity index (χ3v) is 4.72. The smallest absolute Gasteiger partial charge is 0.243 e. The highest BCUT2D eigenvalue weighted by molar-refractivity contribution is 6.02. The third kappa shape index (κ3) is 5.03. The number of carbonyl (C=O) groups is 2. The van der Waals surface area contributed by atoms with Crippen molar-refractivity contribution in [1.29, 1.82) is 0 Å². The lowest BCUT2D eigenvalue weighted by Crippen LogP contribution is -2.29. The molecule has 1 aliphatic rings. The summed E-state index contributed by atoms with van der Waals surface area (Å²) in [5.41, 5.74) is 4.24. The van der Waals surface area contributed by atoms with Crippen molar-refractivity contribution in [2.24, 2.45) is 5.10 Å². The molecule has 5 heteroatoms. The van der Waals surface area contributed by atoms with Crippen LogP contribution in [0.2, 0.25) is 0 Å². The predicted octanol–water partition coefficient (Wildman–Crippen LogP) is 3.37. The van der Waals surface area contributed by atoms with Crippen molar-refractivity contribution in [3.63, 3.8) is 0 Å². The van der Waals surface area contributed by atoms with Crippen LogP contribution < -0.4 is 0 Å². The first kappa shape index (κ1) is 18.8. The van der Waals surface area contributed by atoms with E-state index in [0.717, 1.165) is 23.3 Å². The van der Waals surface area contributed by atoms with Gasteiger partial charge >= 0.3 is 0 Å². The average molecular weight is 363 g/mol. The van der Waals surface area contributed by atoms with E-state index in [1.165, 1.54) is 10.6 Å². The highest BCUT2D eigenvalue weighted by Gasteiger charge is 2.22. The van der Waals surface area contributed by atoms with E-state index in [0.29, 0.717) is 13.1 Å². The van der Waals surface area contributed by atoms with Crippen LogP contribution in [0.1, 0.15) is 36.0 Å². The van der Waals surface area contributed by atoms with Gasteiger partial charge in [0.05, 0.1) is 12.3 Å². The molecule has 0 spiro atoms. The van der Waals surface area contributed by atoms with E-state index in [1.807, 2.05) is 61.5 Å². The molecule has 1 aliphatic heterocycles. The summed E-state index contributed by atoms with van der Waals surface area (Å²) in [7, 11) is 1.77. The Hall–Kier alpha value is -2.95. The molecule has 0 atom stereocenters. The monoisotopic (exact) mass is 363 g/mol. The fourth-order valence-corrected chi connectivity index (χ4v) is 3.06. The molecule has 2 aromatic rings. The van der Waals surface area contributed by atoms with Gasteiger partial charge in [-0.2, -0.15) is 5.10 Å². The van der Waals surface area contributed by atoms with Crippen LogP contribution in [0.4, 0.5) is 0 Å². The minimum Gasteiger partial charge on any atom is -0.341 e. The van der Waals surface area contributed by atoms with Gasteiger partial charge < -0.3 is 4.90 Å². The number of aryl methyl sites for hydroxylation is 1. The molecule has 0 bridgehead atoms. The maximum absolute atomic E-state index is 12.4. The van der Waals surface area contributed by atoms with E-state index in [2.05, 4.69) is 5.10 Å². The number of amides is 2. The van der Waals surface area contributed by atoms with Crippen LogP contribution in [-0.4, -0.2) is 41.0 Å². The van der Waals surface area contributed by atoms with Gasteiger partial charge in [-0.15, -0.1) is 0 Å². The number of rotatable bonds is 6. The maximum atomic E-state index is 12.4. The summed E-state index contributed by atoms with van der Waals surface area (Å²) >= 11 is 0. The molecule has 0 aliphatic carbocycles. The molecule has 3 rings (SSSR count). The van der Waals surface area contributed by atoms with Crippen LogP contribution in [0.5, 0.6) is 0 Å². The molecule has 2 aromatic carbocycles. The van der Waals surface area contributed by atoms with Crippen LogP contribution in [-0.2, 0) is 16.1 Å². The predicted molar refractivity (Wildman–Crippen MR) is 106 cm³/mol. The first-order valence-electron chi connectivity index (χ1n) is 9.26. The van der Waals surface area contributed by atoms with Gasteiger partial charge in [-0.3, -0.25) is 9.59 Å². The molecule has 0 unspecified atom stereocenters. The minimum atomic E-state index is -0.0991. The normalized spacial score (nSPS) is 13.4. The largest absolute Gasteiger partial charge is 0.341 e. The Labute approximate surface area is 160 Å². The SMILES string of the molecule is Cc1ccc(CN(C)C(=O)CCC(=O)N2CCC(c3ccccc3)=N2)cc1. The fraction of sp³-hybridized carbons (Fsp3) is 0.318. The molecular weight excluding hydrogens is 338 g/mol. The van der Waals surface area contributed by atoms with Gasteiger partial charge in [0.1, 0.15) is 0 Å². The molecule has 0 saturated heterocycles. The summed E-state index contributed by atoms with van der Waals surface area (Å²) in [5, 5.41) is 5.93. The molecule has 27 heavy (non-hydrogen) atoms. The number of hydrogen-bond acceptors (Lipinski definition) is 3. The summed E-state index contributed by atoms with van der Waals surface area (Å²) in [6.07, 6.45) is 1.13. The second kappa shape index (κ2) is 8.62. The molecule has 5 nitrogen and oxygen atoms in total. The molecule has 1 heterocycles. The average Bonchev–Trinajstić information content (AvgIpc) is 3.18. The number of benzene rings is 2. The second-order valence-corrected chi connectivity index (χ2v) is 6.91. The maximum Gasteiger partial charge on any atom is 0.243 e. The first-order valence-corrected chi connectivity index (χ1v) is 9.26. The summed E-state index contributed by atoms with van der Waals surface area (Å²) in [6.45, 7) is 3.16. The Bertz CT molecular complexity index is 828. The first-order chi connectivity index (χ1) is 13.0. The van der Waals surface area contributed by atoms with Crippen molar-refractivity contribution in [2.75, 3.05) is 13.6 Å². The third-order valence-electron chi connectivity index (χ3n) is 4.72. The van der Waals surface area contributed by atoms with Crippen molar-refractivity contribution >= 4 is 17.5 Å². The lowest BCUT2D eigenvalue weighted by molar-refractivity contribution is -0.136. The lowest BCUT2D eigenvalue weighted by atomic mass is 10.1. The molecule has 0 radical (unpaired) electrons. The van der Waals surface area contributed by atoms with Crippen molar-refractivity contribution in [3.8, 4) is 0 Å². The Morgan fingerprint density at radius 1 is 1.04 bits per heavy atom. The quantitative estimate of drug-likeness (QED) is 0.790. The zero-order chi connectivity index (χ0) is 19.2. The van der Waals surface area contributed by atoms with Gasteiger partial charge in [-0.1, -0.05) is 60.2 Å². The zero-order valence-corrected chi connectivity index (χ0v) is 15.9. The topological polar surface area (TPSA) is 53.0 Å². The number of hydrazone groups is 1. The van der Waals surface area contributed by atoms with Gasteiger partial charge in [0.25, 0.3) is 0 Å². The highest BCUT2D eigenvalue weighted by atomic mass is 16.2. The molecular formula is C22H25N3O2. The van der Waals surface area contributed by atoms with Gasteiger partial charge in [0, 0.05) is 32.9 Å². The van der Waals surface area contributed by atoms with E-state index >= 15 is 0 Å². The van der Waals surface area contributed by atoms with E-state index in [-0.39, 0.29) is 24.7 Å². The van der Waals surface area contributed by atoms with Gasteiger partial charge in [0.15, 0.2) is 0 Å². The minimum absolute atomic E-state index is 0.0321. The number of nitrogens with zero attached hydrogens (tertiary/aromatic N) is 3. The summed E-state index contributed by atoms with van der Waals surface area (Å²) < 4.78 is 0. The number of hydrogen-bond donors (Lipinski definition) is 0. The lowest BCUT2D eigenvalue weighted by Gasteiger charge is -2.18. The van der Waals surface area contributed by atoms with E-state index < -0.39 is 0 Å². The number of carbonyl (C=O) groups excluding carboxylic acids is 2. The summed E-state index contributed by atoms with van der Waals surface area (Å²) in [6, 6.07) is 18.0. The summed E-state index contributed by atoms with van der Waals surface area (Å²) in [5.74, 6) is -0.131. The van der Waals surface area contributed by atoms with Crippen LogP contribution in [0.3, 0.4) is 0 Å². The van der Waals surface area contributed by atoms with Crippen molar-refractivity contribution in [1.82, 2.24) is 9.91 Å². The van der Waals surface area contributed by atoms with E-state index in [1.54, 1.807) is 11.9 Å². The van der Waals surface area contributed by atoms with Gasteiger partial charge in [0.2, 0.25) is 11.8 Å². The molecule has 0 saturated carbocycles. The Morgan fingerprint density at radius 3 is 2.44 bits per heavy atom. The molecule has 0 fully saturated rings. The van der Waals surface area contributed by atoms with Crippen LogP contribution in [0.15, 0.2) is 59.7 Å². The Morgan fingerprint density at radius 2 is 1.74 bits per heavy atom. The Kier molecular flexibility index (Phi) is 6.01. The zero-order valence-electron chi connectivity index (χ0n) is 15.9. The second-order valence-electron chi connectivity index (χ2n) is 6.91. The van der Waals surface area contributed by atoms with E-state index in [4.69, 9.17) is 0 Å². The van der Waals surface area contributed by atoms with Crippen LogP contribution >= 0.6 is 0 Å². The van der Waals surface area contributed by atoms with Crippen molar-refractivity contribution < 1.29 is 9.59 Å². The fourth-order valence-electron chi connectivity index (χ4n) is 3.06. The van der Waals surface area contributed by atoms with Gasteiger partial charge in [-0.25, -0.2) is 5.01 Å². The van der Waals surface area contributed by atoms with Crippen molar-refractivity contribution in [2.45, 2.75) is 32.7 Å². The van der Waals surface area contributed by atoms with Crippen LogP contribution in [0.25, 0.3) is 0 Å². The molecule has 2 amide bonds. The standard InChI is InChI=1S/C22H25N3O2/c1-17-8-10-18(11-9-17)16-24(2)21(26)12-13-22(27)25-15-14-20(23-25)19-6-4-3-5-7-19/h3-11H,12-16H2,1-2H3. The molecule has 0 aromatic heterocycles. The van der Waals surface area contributed by atoms with Gasteiger partial charge in [-0.05, 0) is 18.1 Å². The molecule has 140 valence electrons. The highest BCUT2D eigenvalue weighted by Crippen LogP contribution is 2.15. The molecule has 0 N–H and O–H groups in total. The van der Waals surface area contributed by atoms with Crippen LogP contribution in [0, 0.1) is 6.92 Å². The Balaban J connectivity index is 1.49. The van der Waals surface area contributed by atoms with E-state index in [9.17, 15) is 9.59 Å².